The van der Waals surface area contributed by atoms with Crippen molar-refractivity contribution in [1.29, 1.82) is 0 Å². The third-order valence-electron chi connectivity index (χ3n) is 3.77. The molecule has 4 heteroatoms. The van der Waals surface area contributed by atoms with Crippen LogP contribution in [-0.4, -0.2) is 36.7 Å². The maximum atomic E-state index is 11.0. The summed E-state index contributed by atoms with van der Waals surface area (Å²) in [6.07, 6.45) is 1.33. The van der Waals surface area contributed by atoms with Gasteiger partial charge in [-0.05, 0) is 43.0 Å². The van der Waals surface area contributed by atoms with Crippen LogP contribution in [-0.2, 0) is 6.54 Å². The van der Waals surface area contributed by atoms with Crippen LogP contribution in [0.5, 0.6) is 5.75 Å². The molecule has 19 heavy (non-hydrogen) atoms. The zero-order valence-corrected chi connectivity index (χ0v) is 11.7. The van der Waals surface area contributed by atoms with E-state index in [1.54, 1.807) is 6.07 Å². The highest BCUT2D eigenvalue weighted by atomic mass is 16.5. The van der Waals surface area contributed by atoms with E-state index in [0.717, 1.165) is 30.5 Å². The van der Waals surface area contributed by atoms with E-state index < -0.39 is 5.97 Å². The van der Waals surface area contributed by atoms with Crippen LogP contribution in [0.2, 0.25) is 0 Å². The molecule has 0 radical (unpaired) electrons. The third-order valence-corrected chi connectivity index (χ3v) is 3.77. The Morgan fingerprint density at radius 3 is 2.74 bits per heavy atom. The fourth-order valence-corrected chi connectivity index (χ4v) is 2.44. The first-order valence-corrected chi connectivity index (χ1v) is 6.60. The number of ether oxygens (including phenoxy) is 1. The summed E-state index contributed by atoms with van der Waals surface area (Å²) in [4.78, 5) is 13.3. The molecule has 0 aliphatic heterocycles. The molecule has 0 spiro atoms. The molecule has 0 heterocycles. The number of hydrogen-bond acceptors (Lipinski definition) is 3. The number of methoxy groups -OCH3 is 1. The minimum atomic E-state index is -0.955. The van der Waals surface area contributed by atoms with E-state index in [9.17, 15) is 4.79 Å². The van der Waals surface area contributed by atoms with Gasteiger partial charge in [0, 0.05) is 13.1 Å². The predicted octanol–water partition coefficient (Wildman–Crippen LogP) is 2.48. The van der Waals surface area contributed by atoms with Gasteiger partial charge in [-0.3, -0.25) is 0 Å². The van der Waals surface area contributed by atoms with E-state index >= 15 is 0 Å². The Bertz CT molecular complexity index is 472. The Labute approximate surface area is 114 Å². The third kappa shape index (κ3) is 3.47. The molecule has 1 saturated carbocycles. The van der Waals surface area contributed by atoms with Crippen LogP contribution in [0.1, 0.15) is 29.3 Å². The second-order valence-corrected chi connectivity index (χ2v) is 5.51. The Hall–Kier alpha value is -1.55. The molecule has 1 fully saturated rings. The van der Waals surface area contributed by atoms with E-state index in [4.69, 9.17) is 9.84 Å². The van der Waals surface area contributed by atoms with Crippen molar-refractivity contribution in [2.24, 2.45) is 11.8 Å². The highest BCUT2D eigenvalue weighted by Gasteiger charge is 2.33. The predicted molar refractivity (Wildman–Crippen MR) is 73.6 cm³/mol. The molecule has 0 amide bonds. The van der Waals surface area contributed by atoms with E-state index in [-0.39, 0.29) is 5.56 Å². The molecule has 0 bridgehead atoms. The summed E-state index contributed by atoms with van der Waals surface area (Å²) < 4.78 is 5.14. The average Bonchev–Trinajstić information content (AvgIpc) is 3.03. The second-order valence-electron chi connectivity index (χ2n) is 5.51. The van der Waals surface area contributed by atoms with Crippen LogP contribution in [0.4, 0.5) is 0 Å². The normalized spacial score (nSPS) is 21.5. The highest BCUT2D eigenvalue weighted by Crippen LogP contribution is 2.38. The van der Waals surface area contributed by atoms with Crippen molar-refractivity contribution in [3.8, 4) is 5.75 Å². The molecule has 0 aromatic heterocycles. The molecule has 104 valence electrons. The van der Waals surface area contributed by atoms with Gasteiger partial charge in [0.15, 0.2) is 0 Å². The number of carbonyl (C=O) groups is 1. The lowest BCUT2D eigenvalue weighted by atomic mass is 10.1. The van der Waals surface area contributed by atoms with Crippen molar-refractivity contribution < 1.29 is 14.6 Å². The van der Waals surface area contributed by atoms with Crippen LogP contribution >= 0.6 is 0 Å². The number of benzene rings is 1. The van der Waals surface area contributed by atoms with Gasteiger partial charge in [-0.15, -0.1) is 0 Å². The summed E-state index contributed by atoms with van der Waals surface area (Å²) >= 11 is 0. The molecular weight excluding hydrogens is 242 g/mol. The summed E-state index contributed by atoms with van der Waals surface area (Å²) in [5.74, 6) is 1.15. The van der Waals surface area contributed by atoms with Gasteiger partial charge in [0.2, 0.25) is 0 Å². The van der Waals surface area contributed by atoms with Crippen molar-refractivity contribution in [2.45, 2.75) is 19.9 Å². The lowest BCUT2D eigenvalue weighted by Crippen LogP contribution is -2.21. The largest absolute Gasteiger partial charge is 0.496 e. The Kier molecular flexibility index (Phi) is 4.10. The monoisotopic (exact) mass is 263 g/mol. The van der Waals surface area contributed by atoms with Gasteiger partial charge in [0.1, 0.15) is 11.3 Å². The standard InChI is InChI=1S/C15H21NO3/c1-10-6-12(10)9-16(2)8-11-4-5-13(15(17)18)14(7-11)19-3/h4-5,7,10,12H,6,8-9H2,1-3H3,(H,17,18). The molecule has 2 atom stereocenters. The summed E-state index contributed by atoms with van der Waals surface area (Å²) in [6.45, 7) is 4.20. The molecule has 0 saturated heterocycles. The number of nitrogens with zero attached hydrogens (tertiary/aromatic N) is 1. The minimum Gasteiger partial charge on any atom is -0.496 e. The molecule has 1 aromatic carbocycles. The summed E-state index contributed by atoms with van der Waals surface area (Å²) in [7, 11) is 3.60. The van der Waals surface area contributed by atoms with Gasteiger partial charge in [0.05, 0.1) is 7.11 Å². The van der Waals surface area contributed by atoms with Crippen molar-refractivity contribution in [3.05, 3.63) is 29.3 Å². The first-order chi connectivity index (χ1) is 9.01. The lowest BCUT2D eigenvalue weighted by molar-refractivity contribution is 0.0693. The molecular formula is C15H21NO3. The minimum absolute atomic E-state index is 0.213. The molecule has 2 rings (SSSR count). The highest BCUT2D eigenvalue weighted by molar-refractivity contribution is 5.90. The number of aromatic carboxylic acids is 1. The smallest absolute Gasteiger partial charge is 0.339 e. The van der Waals surface area contributed by atoms with Gasteiger partial charge < -0.3 is 14.7 Å². The summed E-state index contributed by atoms with van der Waals surface area (Å²) in [6, 6.07) is 5.29. The van der Waals surface area contributed by atoms with E-state index in [1.807, 2.05) is 12.1 Å². The van der Waals surface area contributed by atoms with Gasteiger partial charge in [-0.1, -0.05) is 13.0 Å². The molecule has 4 nitrogen and oxygen atoms in total. The van der Waals surface area contributed by atoms with Gasteiger partial charge in [-0.2, -0.15) is 0 Å². The van der Waals surface area contributed by atoms with Crippen LogP contribution < -0.4 is 4.74 Å². The maximum Gasteiger partial charge on any atom is 0.339 e. The molecule has 1 N–H and O–H groups in total. The van der Waals surface area contributed by atoms with E-state index in [0.29, 0.717) is 5.75 Å². The number of carboxylic acid groups (broad SMARTS) is 1. The molecule has 1 aliphatic carbocycles. The molecule has 2 unspecified atom stereocenters. The molecule has 1 aromatic rings. The van der Waals surface area contributed by atoms with Crippen LogP contribution in [0.15, 0.2) is 18.2 Å². The van der Waals surface area contributed by atoms with E-state index in [2.05, 4.69) is 18.9 Å². The lowest BCUT2D eigenvalue weighted by Gasteiger charge is -2.17. The van der Waals surface area contributed by atoms with Crippen LogP contribution in [0.25, 0.3) is 0 Å². The van der Waals surface area contributed by atoms with Crippen LogP contribution in [0, 0.1) is 11.8 Å². The first-order valence-electron chi connectivity index (χ1n) is 6.60. The quantitative estimate of drug-likeness (QED) is 0.856. The number of carboxylic acids is 1. The Morgan fingerprint density at radius 2 is 2.21 bits per heavy atom. The van der Waals surface area contributed by atoms with Crippen LogP contribution in [0.3, 0.4) is 0 Å². The fourth-order valence-electron chi connectivity index (χ4n) is 2.44. The number of hydrogen-bond donors (Lipinski definition) is 1. The average molecular weight is 263 g/mol. The van der Waals surface area contributed by atoms with Crippen molar-refractivity contribution >= 4 is 5.97 Å². The summed E-state index contributed by atoms with van der Waals surface area (Å²) in [5.41, 5.74) is 1.29. The van der Waals surface area contributed by atoms with Gasteiger partial charge in [0.25, 0.3) is 0 Å². The Balaban J connectivity index is 2.02. The Morgan fingerprint density at radius 1 is 1.53 bits per heavy atom. The van der Waals surface area contributed by atoms with Crippen molar-refractivity contribution in [2.75, 3.05) is 20.7 Å². The second kappa shape index (κ2) is 5.61. The topological polar surface area (TPSA) is 49.8 Å². The maximum absolute atomic E-state index is 11.0. The number of rotatable bonds is 6. The molecule has 1 aliphatic rings. The summed E-state index contributed by atoms with van der Waals surface area (Å²) in [5, 5.41) is 9.04. The first kappa shape index (κ1) is 13.9. The zero-order chi connectivity index (χ0) is 14.0. The van der Waals surface area contributed by atoms with Crippen molar-refractivity contribution in [3.63, 3.8) is 0 Å². The van der Waals surface area contributed by atoms with Crippen molar-refractivity contribution in [1.82, 2.24) is 4.90 Å². The van der Waals surface area contributed by atoms with E-state index in [1.165, 1.54) is 13.5 Å². The fraction of sp³-hybridized carbons (Fsp3) is 0.533. The SMILES string of the molecule is COc1cc(CN(C)CC2CC2C)ccc1C(=O)O. The zero-order valence-electron chi connectivity index (χ0n) is 11.7. The van der Waals surface area contributed by atoms with Gasteiger partial charge in [-0.25, -0.2) is 4.79 Å². The van der Waals surface area contributed by atoms with Gasteiger partial charge >= 0.3 is 5.97 Å².